The molecule has 1 aliphatic rings. The molecule has 0 bridgehead atoms. The molecule has 0 amide bonds. The van der Waals surface area contributed by atoms with E-state index in [0.29, 0.717) is 5.13 Å². The molecule has 2 aromatic rings. The average Bonchev–Trinajstić information content (AvgIpc) is 2.81. The number of rotatable bonds is 2. The number of nitrogens with two attached hydrogens (primary N) is 1. The van der Waals surface area contributed by atoms with Gasteiger partial charge in [0.1, 0.15) is 0 Å². The molecule has 0 radical (unpaired) electrons. The molecule has 8 heteroatoms. The summed E-state index contributed by atoms with van der Waals surface area (Å²) in [6, 6.07) is 0. The lowest BCUT2D eigenvalue weighted by Gasteiger charge is -2.25. The van der Waals surface area contributed by atoms with E-state index in [1.807, 2.05) is 0 Å². The second kappa shape index (κ2) is 3.96. The maximum absolute atomic E-state index is 5.63. The summed E-state index contributed by atoms with van der Waals surface area (Å²) in [6.07, 6.45) is 0. The Labute approximate surface area is 96.3 Å². The number of nitrogens with one attached hydrogen (secondary N) is 1. The minimum Gasteiger partial charge on any atom is -0.374 e. The van der Waals surface area contributed by atoms with Gasteiger partial charge in [0.25, 0.3) is 0 Å². The molecule has 0 saturated carbocycles. The lowest BCUT2D eigenvalue weighted by Crippen LogP contribution is -2.43. The van der Waals surface area contributed by atoms with E-state index in [2.05, 4.69) is 25.5 Å². The van der Waals surface area contributed by atoms with Crippen molar-refractivity contribution in [3.05, 3.63) is 5.82 Å². The number of aromatic nitrogens is 4. The van der Waals surface area contributed by atoms with Gasteiger partial charge >= 0.3 is 0 Å². The number of hydrogen-bond donors (Lipinski definition) is 2. The van der Waals surface area contributed by atoms with Crippen molar-refractivity contribution in [3.63, 3.8) is 0 Å². The Hall–Kier alpha value is -1.25. The SMILES string of the molecule is Nc1nn2c(CN3CCNCC3)nnc2s1. The maximum atomic E-state index is 5.63. The number of anilines is 1. The highest BCUT2D eigenvalue weighted by molar-refractivity contribution is 7.20. The molecule has 86 valence electrons. The summed E-state index contributed by atoms with van der Waals surface area (Å²) in [5.41, 5.74) is 5.63. The molecule has 3 N–H and O–H groups in total. The number of hydrogen-bond acceptors (Lipinski definition) is 7. The monoisotopic (exact) mass is 239 g/mol. The van der Waals surface area contributed by atoms with Crippen LogP contribution >= 0.6 is 11.3 Å². The first-order chi connectivity index (χ1) is 7.83. The van der Waals surface area contributed by atoms with Crippen molar-refractivity contribution in [1.82, 2.24) is 30.0 Å². The molecular formula is C8H13N7S. The van der Waals surface area contributed by atoms with E-state index in [1.54, 1.807) is 4.52 Å². The molecular weight excluding hydrogens is 226 g/mol. The Bertz CT molecular complexity index is 483. The molecule has 0 aliphatic carbocycles. The van der Waals surface area contributed by atoms with E-state index in [1.165, 1.54) is 11.3 Å². The van der Waals surface area contributed by atoms with Gasteiger partial charge < -0.3 is 11.1 Å². The average molecular weight is 239 g/mol. The van der Waals surface area contributed by atoms with Crippen LogP contribution in [0.25, 0.3) is 4.96 Å². The van der Waals surface area contributed by atoms with Gasteiger partial charge in [-0.3, -0.25) is 4.90 Å². The van der Waals surface area contributed by atoms with Gasteiger partial charge in [-0.25, -0.2) is 0 Å². The first kappa shape index (κ1) is 9.94. The first-order valence-electron chi connectivity index (χ1n) is 5.22. The van der Waals surface area contributed by atoms with Crippen molar-refractivity contribution in [2.75, 3.05) is 31.9 Å². The van der Waals surface area contributed by atoms with E-state index in [9.17, 15) is 0 Å². The summed E-state index contributed by atoms with van der Waals surface area (Å²) in [4.78, 5) is 3.10. The van der Waals surface area contributed by atoms with E-state index < -0.39 is 0 Å². The predicted octanol–water partition coefficient (Wildman–Crippen LogP) is -0.827. The van der Waals surface area contributed by atoms with Gasteiger partial charge in [-0.2, -0.15) is 4.52 Å². The summed E-state index contributed by atoms with van der Waals surface area (Å²) in [7, 11) is 0. The topological polar surface area (TPSA) is 84.4 Å². The maximum Gasteiger partial charge on any atom is 0.236 e. The number of nitrogen functional groups attached to an aromatic ring is 1. The van der Waals surface area contributed by atoms with E-state index in [0.717, 1.165) is 43.5 Å². The molecule has 16 heavy (non-hydrogen) atoms. The van der Waals surface area contributed by atoms with Crippen molar-refractivity contribution in [3.8, 4) is 0 Å². The lowest BCUT2D eigenvalue weighted by atomic mass is 10.3. The van der Waals surface area contributed by atoms with Gasteiger partial charge in [-0.15, -0.1) is 15.3 Å². The number of fused-ring (bicyclic) bond motifs is 1. The fourth-order valence-corrected chi connectivity index (χ4v) is 2.46. The van der Waals surface area contributed by atoms with Crippen LogP contribution in [0.3, 0.4) is 0 Å². The van der Waals surface area contributed by atoms with Crippen LogP contribution in [-0.4, -0.2) is 50.9 Å². The molecule has 1 aliphatic heterocycles. The van der Waals surface area contributed by atoms with E-state index in [-0.39, 0.29) is 0 Å². The second-order valence-corrected chi connectivity index (χ2v) is 4.76. The van der Waals surface area contributed by atoms with Crippen LogP contribution in [0, 0.1) is 0 Å². The fourth-order valence-electron chi connectivity index (χ4n) is 1.84. The van der Waals surface area contributed by atoms with E-state index >= 15 is 0 Å². The molecule has 7 nitrogen and oxygen atoms in total. The Morgan fingerprint density at radius 3 is 2.94 bits per heavy atom. The molecule has 1 saturated heterocycles. The van der Waals surface area contributed by atoms with Crippen LogP contribution in [0.1, 0.15) is 5.82 Å². The fraction of sp³-hybridized carbons (Fsp3) is 0.625. The third-order valence-electron chi connectivity index (χ3n) is 2.65. The molecule has 1 fully saturated rings. The number of nitrogens with zero attached hydrogens (tertiary/aromatic N) is 5. The van der Waals surface area contributed by atoms with Crippen LogP contribution in [0.4, 0.5) is 5.13 Å². The molecule has 0 aromatic carbocycles. The highest BCUT2D eigenvalue weighted by Crippen LogP contribution is 2.15. The largest absolute Gasteiger partial charge is 0.374 e. The van der Waals surface area contributed by atoms with Crippen molar-refractivity contribution >= 4 is 21.4 Å². The van der Waals surface area contributed by atoms with Crippen LogP contribution in [0.5, 0.6) is 0 Å². The van der Waals surface area contributed by atoms with Gasteiger partial charge in [-0.1, -0.05) is 11.3 Å². The quantitative estimate of drug-likeness (QED) is 0.712. The van der Waals surface area contributed by atoms with Gasteiger partial charge in [0, 0.05) is 26.2 Å². The van der Waals surface area contributed by atoms with Crippen molar-refractivity contribution in [2.24, 2.45) is 0 Å². The molecule has 2 aromatic heterocycles. The minimum atomic E-state index is 0.534. The summed E-state index contributed by atoms with van der Waals surface area (Å²) in [5.74, 6) is 0.866. The van der Waals surface area contributed by atoms with Crippen molar-refractivity contribution in [1.29, 1.82) is 0 Å². The molecule has 0 spiro atoms. The Balaban J connectivity index is 1.82. The standard InChI is InChI=1S/C8H13N7S/c9-7-13-15-6(11-12-8(15)16-7)5-14-3-1-10-2-4-14/h10H,1-5H2,(H2,9,13). The highest BCUT2D eigenvalue weighted by atomic mass is 32.1. The van der Waals surface area contributed by atoms with Gasteiger partial charge in [0.2, 0.25) is 10.1 Å². The zero-order valence-corrected chi connectivity index (χ0v) is 9.57. The Morgan fingerprint density at radius 2 is 2.12 bits per heavy atom. The summed E-state index contributed by atoms with van der Waals surface area (Å²) in [5, 5.41) is 16.2. The van der Waals surface area contributed by atoms with E-state index in [4.69, 9.17) is 5.73 Å². The molecule has 0 atom stereocenters. The zero-order chi connectivity index (χ0) is 11.0. The third-order valence-corrected chi connectivity index (χ3v) is 3.37. The molecule has 0 unspecified atom stereocenters. The van der Waals surface area contributed by atoms with Crippen molar-refractivity contribution < 1.29 is 0 Å². The van der Waals surface area contributed by atoms with Crippen molar-refractivity contribution in [2.45, 2.75) is 6.54 Å². The van der Waals surface area contributed by atoms with Crippen LogP contribution in [0.2, 0.25) is 0 Å². The second-order valence-electron chi connectivity index (χ2n) is 3.78. The minimum absolute atomic E-state index is 0.534. The first-order valence-corrected chi connectivity index (χ1v) is 6.04. The van der Waals surface area contributed by atoms with Crippen LogP contribution < -0.4 is 11.1 Å². The Morgan fingerprint density at radius 1 is 1.31 bits per heavy atom. The third kappa shape index (κ3) is 1.75. The lowest BCUT2D eigenvalue weighted by molar-refractivity contribution is 0.226. The smallest absolute Gasteiger partial charge is 0.236 e. The van der Waals surface area contributed by atoms with Gasteiger partial charge in [0.05, 0.1) is 6.54 Å². The normalized spacial score (nSPS) is 18.2. The number of piperazine rings is 1. The zero-order valence-electron chi connectivity index (χ0n) is 8.76. The molecule has 3 rings (SSSR count). The summed E-state index contributed by atoms with van der Waals surface area (Å²) in [6.45, 7) is 4.91. The predicted molar refractivity (Wildman–Crippen MR) is 61.2 cm³/mol. The Kier molecular flexibility index (Phi) is 2.46. The van der Waals surface area contributed by atoms with Gasteiger partial charge in [-0.05, 0) is 0 Å². The highest BCUT2D eigenvalue weighted by Gasteiger charge is 2.15. The van der Waals surface area contributed by atoms with Gasteiger partial charge in [0.15, 0.2) is 5.82 Å². The summed E-state index contributed by atoms with van der Waals surface area (Å²) < 4.78 is 1.74. The summed E-state index contributed by atoms with van der Waals surface area (Å²) >= 11 is 1.36. The van der Waals surface area contributed by atoms with Crippen LogP contribution in [0.15, 0.2) is 0 Å². The van der Waals surface area contributed by atoms with Crippen LogP contribution in [-0.2, 0) is 6.54 Å². The molecule has 3 heterocycles.